The Labute approximate surface area is 123 Å². The summed E-state index contributed by atoms with van der Waals surface area (Å²) in [7, 11) is -4.11. The number of carbonyl (C=O) groups is 1. The first-order chi connectivity index (χ1) is 9.26. The first kappa shape index (κ1) is 17.7. The van der Waals surface area contributed by atoms with Crippen molar-refractivity contribution < 1.29 is 26.4 Å². The van der Waals surface area contributed by atoms with Crippen LogP contribution in [0.15, 0.2) is 23.1 Å². The van der Waals surface area contributed by atoms with Crippen LogP contribution in [0, 0.1) is 0 Å². The molecule has 0 aliphatic heterocycles. The van der Waals surface area contributed by atoms with Gasteiger partial charge in [-0.1, -0.05) is 11.6 Å². The zero-order valence-corrected chi connectivity index (χ0v) is 12.1. The van der Waals surface area contributed by atoms with Gasteiger partial charge in [0.05, 0.1) is 15.6 Å². The highest BCUT2D eigenvalue weighted by Crippen LogP contribution is 2.31. The molecule has 1 rings (SSSR count). The third kappa shape index (κ3) is 3.84. The van der Waals surface area contributed by atoms with Gasteiger partial charge in [0.1, 0.15) is 0 Å². The smallest absolute Gasteiger partial charge is 0.323 e. The fraction of sp³-hybridized carbons (Fsp3) is 0.300. The lowest BCUT2D eigenvalue weighted by molar-refractivity contribution is -0.184. The van der Waals surface area contributed by atoms with Gasteiger partial charge in [-0.3, -0.25) is 4.79 Å². The van der Waals surface area contributed by atoms with Crippen LogP contribution in [-0.4, -0.2) is 26.0 Å². The molecule has 0 radical (unpaired) electrons. The van der Waals surface area contributed by atoms with Crippen LogP contribution in [0.25, 0.3) is 0 Å². The molecule has 11 heteroatoms. The van der Waals surface area contributed by atoms with Crippen molar-refractivity contribution in [3.05, 3.63) is 23.2 Å². The summed E-state index contributed by atoms with van der Waals surface area (Å²) in [6, 6.07) is 2.94. The van der Waals surface area contributed by atoms with Crippen molar-refractivity contribution in [1.29, 1.82) is 0 Å². The normalized spacial score (nSPS) is 15.4. The minimum atomic E-state index is -5.00. The maximum Gasteiger partial charge on any atom is 0.415 e. The predicted octanol–water partition coefficient (Wildman–Crippen LogP) is 1.21. The van der Waals surface area contributed by atoms with Crippen LogP contribution in [0.5, 0.6) is 0 Å². The highest BCUT2D eigenvalue weighted by molar-refractivity contribution is 7.89. The number of nitrogens with one attached hydrogen (secondary N) is 1. The highest BCUT2D eigenvalue weighted by Gasteiger charge is 2.54. The van der Waals surface area contributed by atoms with E-state index in [1.807, 2.05) is 5.32 Å². The predicted molar refractivity (Wildman–Crippen MR) is 70.1 cm³/mol. The molecule has 5 N–H and O–H groups in total. The Bertz CT molecular complexity index is 674. The van der Waals surface area contributed by atoms with Crippen LogP contribution in [-0.2, 0) is 14.8 Å². The van der Waals surface area contributed by atoms with E-state index in [9.17, 15) is 26.4 Å². The molecule has 0 saturated heterocycles. The van der Waals surface area contributed by atoms with E-state index in [4.69, 9.17) is 22.5 Å². The van der Waals surface area contributed by atoms with Gasteiger partial charge in [0, 0.05) is 0 Å². The van der Waals surface area contributed by atoms with Gasteiger partial charge in [0.25, 0.3) is 5.91 Å². The number of hydrogen-bond acceptors (Lipinski definition) is 4. The first-order valence-electron chi connectivity index (χ1n) is 5.26. The average Bonchev–Trinajstić information content (AvgIpc) is 2.28. The summed E-state index contributed by atoms with van der Waals surface area (Å²) in [5, 5.41) is 6.53. The fourth-order valence-electron chi connectivity index (χ4n) is 1.16. The van der Waals surface area contributed by atoms with Crippen molar-refractivity contribution in [2.75, 3.05) is 5.32 Å². The molecule has 1 amide bonds. The standard InChI is InChI=1S/C10H11ClF3N3O3S/c1-9(15,10(12,13)14)8(18)17-7-4-5(21(16,19)20)2-3-6(7)11/h2-4H,15H2,1H3,(H,17,18)(H2,16,19,20). The van der Waals surface area contributed by atoms with Crippen LogP contribution in [0.2, 0.25) is 5.02 Å². The molecule has 21 heavy (non-hydrogen) atoms. The molecule has 0 saturated carbocycles. The van der Waals surface area contributed by atoms with Gasteiger partial charge < -0.3 is 11.1 Å². The third-order valence-corrected chi connectivity index (χ3v) is 3.82. The lowest BCUT2D eigenvalue weighted by Gasteiger charge is -2.26. The summed E-state index contributed by atoms with van der Waals surface area (Å²) in [4.78, 5) is 11.2. The summed E-state index contributed by atoms with van der Waals surface area (Å²) in [6.07, 6.45) is -5.00. The van der Waals surface area contributed by atoms with E-state index in [1.54, 1.807) is 0 Å². The second kappa shape index (κ2) is 5.44. The molecule has 1 atom stereocenters. The number of anilines is 1. The number of halogens is 4. The van der Waals surface area contributed by atoms with Crippen LogP contribution >= 0.6 is 11.6 Å². The Morgan fingerprint density at radius 2 is 1.86 bits per heavy atom. The van der Waals surface area contributed by atoms with E-state index in [0.717, 1.165) is 18.2 Å². The van der Waals surface area contributed by atoms with E-state index in [0.29, 0.717) is 6.92 Å². The monoisotopic (exact) mass is 345 g/mol. The number of sulfonamides is 1. The molecule has 118 valence electrons. The maximum atomic E-state index is 12.6. The lowest BCUT2D eigenvalue weighted by Crippen LogP contribution is -2.59. The number of hydrogen-bond donors (Lipinski definition) is 3. The number of rotatable bonds is 3. The lowest BCUT2D eigenvalue weighted by atomic mass is 10.0. The topological polar surface area (TPSA) is 115 Å². The number of benzene rings is 1. The van der Waals surface area contributed by atoms with Crippen LogP contribution in [0.1, 0.15) is 6.92 Å². The number of amides is 1. The summed E-state index contributed by atoms with van der Waals surface area (Å²) in [6.45, 7) is 0.472. The molecule has 0 aromatic heterocycles. The number of carbonyl (C=O) groups excluding carboxylic acids is 1. The van der Waals surface area contributed by atoms with Gasteiger partial charge in [0.15, 0.2) is 5.54 Å². The minimum Gasteiger partial charge on any atom is -0.323 e. The first-order valence-corrected chi connectivity index (χ1v) is 7.18. The molecule has 1 unspecified atom stereocenters. The van der Waals surface area contributed by atoms with Crippen molar-refractivity contribution in [2.45, 2.75) is 23.5 Å². The molecule has 1 aromatic rings. The van der Waals surface area contributed by atoms with Crippen molar-refractivity contribution in [3.8, 4) is 0 Å². The zero-order valence-electron chi connectivity index (χ0n) is 10.5. The Balaban J connectivity index is 3.18. The van der Waals surface area contributed by atoms with Crippen molar-refractivity contribution in [3.63, 3.8) is 0 Å². The fourth-order valence-corrected chi connectivity index (χ4v) is 1.86. The average molecular weight is 346 g/mol. The minimum absolute atomic E-state index is 0.172. The van der Waals surface area contributed by atoms with E-state index >= 15 is 0 Å². The second-order valence-corrected chi connectivity index (χ2v) is 6.31. The molecule has 0 aliphatic carbocycles. The summed E-state index contributed by atoms with van der Waals surface area (Å²) in [5.74, 6) is -1.59. The summed E-state index contributed by atoms with van der Waals surface area (Å²) < 4.78 is 60.2. The largest absolute Gasteiger partial charge is 0.415 e. The van der Waals surface area contributed by atoms with Gasteiger partial charge >= 0.3 is 6.18 Å². The quantitative estimate of drug-likeness (QED) is 0.763. The number of primary sulfonamides is 1. The van der Waals surface area contributed by atoms with Crippen molar-refractivity contribution >= 4 is 33.2 Å². The number of alkyl halides is 3. The molecule has 0 bridgehead atoms. The molecule has 6 nitrogen and oxygen atoms in total. The Morgan fingerprint density at radius 3 is 2.29 bits per heavy atom. The van der Waals surface area contributed by atoms with Crippen LogP contribution < -0.4 is 16.2 Å². The molecule has 0 spiro atoms. The Morgan fingerprint density at radius 1 is 1.33 bits per heavy atom. The van der Waals surface area contributed by atoms with E-state index < -0.39 is 32.5 Å². The summed E-state index contributed by atoms with van der Waals surface area (Å²) >= 11 is 5.68. The van der Waals surface area contributed by atoms with Crippen molar-refractivity contribution in [2.24, 2.45) is 10.9 Å². The molecule has 0 fully saturated rings. The molecule has 0 aliphatic rings. The third-order valence-electron chi connectivity index (χ3n) is 2.58. The number of nitrogens with two attached hydrogens (primary N) is 2. The SMILES string of the molecule is CC(N)(C(=O)Nc1cc(S(N)(=O)=O)ccc1Cl)C(F)(F)F. The Hall–Kier alpha value is -1.36. The molecular formula is C10H11ClF3N3O3S. The second-order valence-electron chi connectivity index (χ2n) is 4.34. The molecule has 0 heterocycles. The maximum absolute atomic E-state index is 12.6. The van der Waals surface area contributed by atoms with Gasteiger partial charge in [-0.05, 0) is 25.1 Å². The van der Waals surface area contributed by atoms with Gasteiger partial charge in [-0.2, -0.15) is 13.2 Å². The van der Waals surface area contributed by atoms with Crippen LogP contribution in [0.4, 0.5) is 18.9 Å². The van der Waals surface area contributed by atoms with Crippen LogP contribution in [0.3, 0.4) is 0 Å². The Kier molecular flexibility index (Phi) is 4.59. The van der Waals surface area contributed by atoms with Crippen molar-refractivity contribution in [1.82, 2.24) is 0 Å². The summed E-state index contributed by atoms with van der Waals surface area (Å²) in [5.41, 5.74) is 1.41. The van der Waals surface area contributed by atoms with E-state index in [2.05, 4.69) is 0 Å². The molecular weight excluding hydrogens is 335 g/mol. The molecule has 1 aromatic carbocycles. The van der Waals surface area contributed by atoms with E-state index in [1.165, 1.54) is 0 Å². The van der Waals surface area contributed by atoms with Gasteiger partial charge in [-0.15, -0.1) is 0 Å². The van der Waals surface area contributed by atoms with E-state index in [-0.39, 0.29) is 10.7 Å². The van der Waals surface area contributed by atoms with Gasteiger partial charge in [0.2, 0.25) is 10.0 Å². The highest BCUT2D eigenvalue weighted by atomic mass is 35.5. The van der Waals surface area contributed by atoms with Gasteiger partial charge in [-0.25, -0.2) is 13.6 Å². The zero-order chi connectivity index (χ0) is 16.6.